The average Bonchev–Trinajstić information content (AvgIpc) is 3.48. The lowest BCUT2D eigenvalue weighted by Gasteiger charge is -2.47. The van der Waals surface area contributed by atoms with Gasteiger partial charge in [0.15, 0.2) is 17.3 Å². The number of anilines is 2. The number of carbonyl (C=O) groups excluding carboxylic acids is 5. The molecule has 0 bridgehead atoms. The third-order valence-electron chi connectivity index (χ3n) is 10.9. The van der Waals surface area contributed by atoms with Gasteiger partial charge in [-0.25, -0.2) is 4.90 Å². The van der Waals surface area contributed by atoms with Crippen LogP contribution in [0.2, 0.25) is 0 Å². The van der Waals surface area contributed by atoms with Crippen molar-refractivity contribution in [3.63, 3.8) is 0 Å². The first-order chi connectivity index (χ1) is 23.5. The highest BCUT2D eigenvalue weighted by atomic mass is 16.5. The number of hydrogen-bond acceptors (Lipinski definition) is 8. The van der Waals surface area contributed by atoms with Crippen molar-refractivity contribution in [2.75, 3.05) is 24.0 Å². The number of methoxy groups -OCH3 is 2. The maximum Gasteiger partial charge on any atom is 0.241 e. The zero-order valence-electron chi connectivity index (χ0n) is 27.6. The molecule has 3 aromatic rings. The van der Waals surface area contributed by atoms with Crippen LogP contribution in [0.4, 0.5) is 11.4 Å². The molecule has 0 aromatic heterocycles. The van der Waals surface area contributed by atoms with Gasteiger partial charge in [0.1, 0.15) is 0 Å². The van der Waals surface area contributed by atoms with Crippen LogP contribution in [0.15, 0.2) is 84.5 Å². The number of imide groups is 2. The average molecular weight is 661 g/mol. The first-order valence-corrected chi connectivity index (χ1v) is 16.3. The number of ether oxygens (including phenoxy) is 2. The van der Waals surface area contributed by atoms with E-state index in [1.165, 1.54) is 30.9 Å². The van der Waals surface area contributed by atoms with Crippen molar-refractivity contribution in [3.05, 3.63) is 95.6 Å². The molecule has 3 aromatic carbocycles. The molecule has 6 atom stereocenters. The van der Waals surface area contributed by atoms with E-state index in [0.29, 0.717) is 28.9 Å². The summed E-state index contributed by atoms with van der Waals surface area (Å²) in [6.07, 6.45) is 6.21. The second-order valence-electron chi connectivity index (χ2n) is 13.3. The van der Waals surface area contributed by atoms with E-state index < -0.39 is 35.0 Å². The first-order valence-electron chi connectivity index (χ1n) is 16.3. The van der Waals surface area contributed by atoms with Crippen LogP contribution in [0.3, 0.4) is 0 Å². The fourth-order valence-corrected chi connectivity index (χ4v) is 8.36. The van der Waals surface area contributed by atoms with E-state index in [2.05, 4.69) is 0 Å². The number of fused-ring (bicyclic) bond motifs is 4. The second kappa shape index (κ2) is 11.9. The lowest BCUT2D eigenvalue weighted by molar-refractivity contribution is -0.132. The number of carbonyl (C=O) groups is 5. The van der Waals surface area contributed by atoms with Crippen molar-refractivity contribution in [2.24, 2.45) is 35.0 Å². The minimum absolute atomic E-state index is 0.123. The van der Waals surface area contributed by atoms with Crippen molar-refractivity contribution in [1.82, 2.24) is 0 Å². The van der Waals surface area contributed by atoms with E-state index in [0.717, 1.165) is 5.57 Å². The van der Waals surface area contributed by atoms with Crippen LogP contribution < -0.4 is 19.3 Å². The van der Waals surface area contributed by atoms with Crippen molar-refractivity contribution in [1.29, 1.82) is 0 Å². The molecule has 2 aliphatic heterocycles. The number of ketones is 1. The highest BCUT2D eigenvalue weighted by Gasteiger charge is 2.66. The van der Waals surface area contributed by atoms with E-state index in [-0.39, 0.29) is 53.1 Å². The molecule has 0 radical (unpaired) electrons. The molecule has 1 saturated carbocycles. The minimum Gasteiger partial charge on any atom is -0.502 e. The van der Waals surface area contributed by atoms with Crippen LogP contribution in [-0.2, 0) is 19.2 Å². The number of phenols is 1. The summed E-state index contributed by atoms with van der Waals surface area (Å²) in [5.41, 5.74) is 1.64. The van der Waals surface area contributed by atoms with E-state index in [9.17, 15) is 29.1 Å². The van der Waals surface area contributed by atoms with Crippen LogP contribution in [0.25, 0.3) is 6.08 Å². The molecule has 2 saturated heterocycles. The van der Waals surface area contributed by atoms with Gasteiger partial charge in [-0.05, 0) is 86.7 Å². The van der Waals surface area contributed by atoms with Gasteiger partial charge in [0.2, 0.25) is 29.4 Å². The summed E-state index contributed by atoms with van der Waals surface area (Å²) in [6.45, 7) is 3.27. The summed E-state index contributed by atoms with van der Waals surface area (Å²) in [4.78, 5) is 71.2. The van der Waals surface area contributed by atoms with Crippen LogP contribution in [-0.4, -0.2) is 48.7 Å². The summed E-state index contributed by atoms with van der Waals surface area (Å²) in [6, 6.07) is 18.5. The molecule has 1 N–H and O–H groups in total. The molecule has 7 rings (SSSR count). The summed E-state index contributed by atoms with van der Waals surface area (Å²) in [7, 11) is 2.87. The minimum atomic E-state index is -1.18. The van der Waals surface area contributed by atoms with Gasteiger partial charge in [-0.1, -0.05) is 42.0 Å². The molecule has 3 fully saturated rings. The Hall–Kier alpha value is -5.51. The lowest BCUT2D eigenvalue weighted by atomic mass is 9.52. The normalized spacial score (nSPS) is 27.6. The number of benzene rings is 3. The highest BCUT2D eigenvalue weighted by molar-refractivity contribution is 6.25. The van der Waals surface area contributed by atoms with E-state index in [1.807, 2.05) is 25.1 Å². The number of rotatable bonds is 7. The van der Waals surface area contributed by atoms with Crippen molar-refractivity contribution < 1.29 is 38.6 Å². The van der Waals surface area contributed by atoms with Crippen LogP contribution in [0, 0.1) is 35.0 Å². The van der Waals surface area contributed by atoms with Gasteiger partial charge in [-0.15, -0.1) is 0 Å². The Labute approximate surface area is 283 Å². The predicted octanol–water partition coefficient (Wildman–Crippen LogP) is 5.59. The third kappa shape index (κ3) is 4.80. The van der Waals surface area contributed by atoms with E-state index >= 15 is 0 Å². The fraction of sp³-hybridized carbons (Fsp3) is 0.308. The SMILES string of the molecule is COc1cc(C=CC2C3=CCC4C(=O)N(c5ccc(C(C)=O)cc5)C(=O)C4C3CC3C(=O)N(c4ccccc4)C(=O)C23C)cc(OC)c1O. The zero-order chi connectivity index (χ0) is 34.8. The topological polar surface area (TPSA) is 131 Å². The molecule has 4 amide bonds. The number of allylic oxidation sites excluding steroid dienone is 3. The largest absolute Gasteiger partial charge is 0.502 e. The molecule has 49 heavy (non-hydrogen) atoms. The third-order valence-corrected chi connectivity index (χ3v) is 10.9. The Balaban J connectivity index is 1.32. The van der Waals surface area contributed by atoms with Gasteiger partial charge >= 0.3 is 0 Å². The molecular formula is C39H36N2O8. The van der Waals surface area contributed by atoms with E-state index in [1.54, 1.807) is 66.7 Å². The standard InChI is InChI=1S/C39H36N2O8/c1-21(42)23-11-13-25(14-12-23)40-35(44)27-16-15-26-28(33(27)37(40)46)20-30-36(45)41(24-8-6-5-7-9-24)38(47)39(30,2)29(26)17-10-22-18-31(48-3)34(43)32(19-22)49-4/h5-15,17-19,27-30,33,43H,16,20H2,1-4H3. The van der Waals surface area contributed by atoms with Crippen molar-refractivity contribution >= 4 is 46.9 Å². The molecule has 2 heterocycles. The molecule has 2 aliphatic carbocycles. The van der Waals surface area contributed by atoms with Crippen molar-refractivity contribution in [3.8, 4) is 17.2 Å². The van der Waals surface area contributed by atoms with Gasteiger partial charge in [0, 0.05) is 11.5 Å². The monoisotopic (exact) mass is 660 g/mol. The molecule has 6 unspecified atom stereocenters. The number of para-hydroxylation sites is 1. The number of hydrogen-bond donors (Lipinski definition) is 1. The Kier molecular flexibility index (Phi) is 7.77. The number of phenolic OH excluding ortho intramolecular Hbond substituents is 1. The summed E-state index contributed by atoms with van der Waals surface area (Å²) in [5, 5.41) is 10.5. The number of Topliss-reactive ketones (excluding diaryl/α,β-unsaturated/α-hetero) is 1. The van der Waals surface area contributed by atoms with Crippen molar-refractivity contribution in [2.45, 2.75) is 26.7 Å². The van der Waals surface area contributed by atoms with Gasteiger partial charge in [-0.2, -0.15) is 0 Å². The van der Waals surface area contributed by atoms with Gasteiger partial charge < -0.3 is 14.6 Å². The Bertz CT molecular complexity index is 1940. The van der Waals surface area contributed by atoms with E-state index in [4.69, 9.17) is 9.47 Å². The lowest BCUT2D eigenvalue weighted by Crippen LogP contribution is -2.49. The molecule has 4 aliphatic rings. The Morgan fingerprint density at radius 1 is 0.857 bits per heavy atom. The maximum atomic E-state index is 14.5. The number of amides is 4. The second-order valence-corrected chi connectivity index (χ2v) is 13.3. The van der Waals surface area contributed by atoms with Crippen LogP contribution in [0.1, 0.15) is 42.6 Å². The van der Waals surface area contributed by atoms with Crippen LogP contribution >= 0.6 is 0 Å². The number of nitrogens with zero attached hydrogens (tertiary/aromatic N) is 2. The van der Waals surface area contributed by atoms with Crippen LogP contribution in [0.5, 0.6) is 17.2 Å². The summed E-state index contributed by atoms with van der Waals surface area (Å²) >= 11 is 0. The molecule has 10 nitrogen and oxygen atoms in total. The molecule has 0 spiro atoms. The highest BCUT2D eigenvalue weighted by Crippen LogP contribution is 2.61. The maximum absolute atomic E-state index is 14.5. The smallest absolute Gasteiger partial charge is 0.241 e. The zero-order valence-corrected chi connectivity index (χ0v) is 27.6. The molecule has 250 valence electrons. The summed E-state index contributed by atoms with van der Waals surface area (Å²) < 4.78 is 10.7. The Morgan fingerprint density at radius 3 is 2.10 bits per heavy atom. The fourth-order valence-electron chi connectivity index (χ4n) is 8.36. The molecule has 10 heteroatoms. The van der Waals surface area contributed by atoms with Gasteiger partial charge in [0.05, 0.1) is 48.8 Å². The predicted molar refractivity (Wildman–Crippen MR) is 181 cm³/mol. The Morgan fingerprint density at radius 2 is 1.49 bits per heavy atom. The first kappa shape index (κ1) is 32.1. The van der Waals surface area contributed by atoms with Gasteiger partial charge in [-0.3, -0.25) is 28.9 Å². The summed E-state index contributed by atoms with van der Waals surface area (Å²) in [5.74, 6) is -4.35. The number of aromatic hydroxyl groups is 1. The van der Waals surface area contributed by atoms with Gasteiger partial charge in [0.25, 0.3) is 0 Å². The quantitative estimate of drug-likeness (QED) is 0.197. The molecular weight excluding hydrogens is 624 g/mol.